The maximum Gasteiger partial charge on any atom is 0.337 e. The van der Waals surface area contributed by atoms with E-state index in [1.165, 1.54) is 17.3 Å². The van der Waals surface area contributed by atoms with E-state index in [2.05, 4.69) is 17.0 Å². The molecule has 0 aromatic rings. The van der Waals surface area contributed by atoms with E-state index in [-0.39, 0.29) is 6.03 Å². The number of nitrogens with zero attached hydrogens (tertiary/aromatic N) is 2. The summed E-state index contributed by atoms with van der Waals surface area (Å²) in [7, 11) is 0. The van der Waals surface area contributed by atoms with E-state index in [1.807, 2.05) is 0 Å². The molecule has 1 aliphatic heterocycles. The van der Waals surface area contributed by atoms with Gasteiger partial charge in [0.25, 0.3) is 0 Å². The zero-order valence-corrected chi connectivity index (χ0v) is 5.58. The number of urea groups is 1. The van der Waals surface area contributed by atoms with Gasteiger partial charge in [0, 0.05) is 12.8 Å². The minimum absolute atomic E-state index is 0.141. The SMILES string of the molecule is C=CC=NN1CCNC1=O. The van der Waals surface area contributed by atoms with E-state index >= 15 is 0 Å². The third-order valence-corrected chi connectivity index (χ3v) is 1.15. The van der Waals surface area contributed by atoms with E-state index in [0.717, 1.165) is 0 Å². The van der Waals surface area contributed by atoms with Crippen LogP contribution in [0.2, 0.25) is 0 Å². The Bertz CT molecular complexity index is 176. The van der Waals surface area contributed by atoms with Crippen LogP contribution in [0.15, 0.2) is 17.8 Å². The topological polar surface area (TPSA) is 44.7 Å². The monoisotopic (exact) mass is 139 g/mol. The van der Waals surface area contributed by atoms with Crippen LogP contribution in [0.5, 0.6) is 0 Å². The molecule has 0 radical (unpaired) electrons. The first kappa shape index (κ1) is 6.80. The summed E-state index contributed by atoms with van der Waals surface area (Å²) in [4.78, 5) is 10.7. The van der Waals surface area contributed by atoms with Gasteiger partial charge in [-0.2, -0.15) is 5.10 Å². The lowest BCUT2D eigenvalue weighted by molar-refractivity contribution is 0.219. The predicted molar refractivity (Wildman–Crippen MR) is 38.8 cm³/mol. The second-order valence-corrected chi connectivity index (χ2v) is 1.86. The van der Waals surface area contributed by atoms with Crippen molar-refractivity contribution in [2.75, 3.05) is 13.1 Å². The maximum absolute atomic E-state index is 10.7. The number of amides is 2. The van der Waals surface area contributed by atoms with Gasteiger partial charge >= 0.3 is 6.03 Å². The molecule has 1 N–H and O–H groups in total. The highest BCUT2D eigenvalue weighted by Crippen LogP contribution is 1.95. The number of carbonyl (C=O) groups is 1. The smallest absolute Gasteiger partial charge is 0.335 e. The molecule has 10 heavy (non-hydrogen) atoms. The summed E-state index contributed by atoms with van der Waals surface area (Å²) in [5.74, 6) is 0. The second-order valence-electron chi connectivity index (χ2n) is 1.86. The van der Waals surface area contributed by atoms with Crippen LogP contribution in [0.1, 0.15) is 0 Å². The summed E-state index contributed by atoms with van der Waals surface area (Å²) >= 11 is 0. The molecule has 0 aromatic carbocycles. The third-order valence-electron chi connectivity index (χ3n) is 1.15. The van der Waals surface area contributed by atoms with Crippen molar-refractivity contribution in [3.63, 3.8) is 0 Å². The summed E-state index contributed by atoms with van der Waals surface area (Å²) in [6.07, 6.45) is 3.02. The standard InChI is InChI=1S/C6H9N3O/c1-2-3-8-9-5-4-7-6(9)10/h2-3H,1,4-5H2,(H,7,10). The van der Waals surface area contributed by atoms with E-state index in [4.69, 9.17) is 0 Å². The van der Waals surface area contributed by atoms with Crippen molar-refractivity contribution in [2.45, 2.75) is 0 Å². The summed E-state index contributed by atoms with van der Waals surface area (Å²) in [6.45, 7) is 4.75. The van der Waals surface area contributed by atoms with Crippen LogP contribution in [0.3, 0.4) is 0 Å². The lowest BCUT2D eigenvalue weighted by Gasteiger charge is -2.03. The second kappa shape index (κ2) is 3.00. The molecule has 0 atom stereocenters. The molecular weight excluding hydrogens is 130 g/mol. The number of rotatable bonds is 2. The highest BCUT2D eigenvalue weighted by Gasteiger charge is 2.17. The fourth-order valence-electron chi connectivity index (χ4n) is 0.699. The number of allylic oxidation sites excluding steroid dienone is 1. The van der Waals surface area contributed by atoms with Crippen molar-refractivity contribution in [2.24, 2.45) is 5.10 Å². The van der Waals surface area contributed by atoms with Crippen LogP contribution in [0.4, 0.5) is 4.79 Å². The summed E-state index contributed by atoms with van der Waals surface area (Å²) < 4.78 is 0. The average molecular weight is 139 g/mol. The fourth-order valence-corrected chi connectivity index (χ4v) is 0.699. The molecule has 0 spiro atoms. The molecule has 1 rings (SSSR count). The van der Waals surface area contributed by atoms with Gasteiger partial charge in [0.05, 0.1) is 6.54 Å². The van der Waals surface area contributed by atoms with E-state index < -0.39 is 0 Å². The molecule has 0 saturated carbocycles. The number of hydrazone groups is 1. The first-order valence-corrected chi connectivity index (χ1v) is 3.05. The summed E-state index contributed by atoms with van der Waals surface area (Å²) in [5, 5.41) is 7.78. The van der Waals surface area contributed by atoms with Gasteiger partial charge in [-0.3, -0.25) is 0 Å². The molecule has 1 fully saturated rings. The Balaban J connectivity index is 2.47. The van der Waals surface area contributed by atoms with Crippen LogP contribution >= 0.6 is 0 Å². The Morgan fingerprint density at radius 2 is 2.60 bits per heavy atom. The minimum Gasteiger partial charge on any atom is -0.335 e. The van der Waals surface area contributed by atoms with Gasteiger partial charge in [-0.15, -0.1) is 0 Å². The third kappa shape index (κ3) is 1.34. The van der Waals surface area contributed by atoms with Gasteiger partial charge in [0.15, 0.2) is 0 Å². The largest absolute Gasteiger partial charge is 0.337 e. The molecule has 1 saturated heterocycles. The molecule has 4 nitrogen and oxygen atoms in total. The number of hydrogen-bond donors (Lipinski definition) is 1. The predicted octanol–water partition coefficient (Wildman–Crippen LogP) is 0.183. The van der Waals surface area contributed by atoms with Gasteiger partial charge in [0.1, 0.15) is 0 Å². The lowest BCUT2D eigenvalue weighted by atomic mass is 10.7. The van der Waals surface area contributed by atoms with Crippen LogP contribution < -0.4 is 5.32 Å². The Morgan fingerprint density at radius 1 is 1.80 bits per heavy atom. The van der Waals surface area contributed by atoms with Crippen LogP contribution in [-0.4, -0.2) is 30.3 Å². The summed E-state index contributed by atoms with van der Waals surface area (Å²) in [6, 6.07) is -0.141. The van der Waals surface area contributed by atoms with Crippen molar-refractivity contribution in [3.8, 4) is 0 Å². The molecule has 2 amide bonds. The van der Waals surface area contributed by atoms with Crippen molar-refractivity contribution < 1.29 is 4.79 Å². The molecule has 54 valence electrons. The Hall–Kier alpha value is -1.32. The molecule has 4 heteroatoms. The van der Waals surface area contributed by atoms with Crippen LogP contribution in [-0.2, 0) is 0 Å². The zero-order chi connectivity index (χ0) is 7.40. The number of carbonyl (C=O) groups excluding carboxylic acids is 1. The zero-order valence-electron chi connectivity index (χ0n) is 5.58. The van der Waals surface area contributed by atoms with Gasteiger partial charge in [-0.05, 0) is 6.08 Å². The van der Waals surface area contributed by atoms with Gasteiger partial charge in [-0.1, -0.05) is 6.58 Å². The van der Waals surface area contributed by atoms with E-state index in [9.17, 15) is 4.79 Å². The molecule has 1 aliphatic rings. The number of nitrogens with one attached hydrogen (secondary N) is 1. The first-order valence-electron chi connectivity index (χ1n) is 3.05. The molecule has 1 heterocycles. The minimum atomic E-state index is -0.141. The highest BCUT2D eigenvalue weighted by molar-refractivity contribution is 5.78. The van der Waals surface area contributed by atoms with Crippen LogP contribution in [0, 0.1) is 0 Å². The quantitative estimate of drug-likeness (QED) is 0.545. The normalized spacial score (nSPS) is 18.0. The molecular formula is C6H9N3O. The average Bonchev–Trinajstić information content (AvgIpc) is 2.31. The number of hydrogen-bond acceptors (Lipinski definition) is 2. The van der Waals surface area contributed by atoms with Gasteiger partial charge in [0.2, 0.25) is 0 Å². The van der Waals surface area contributed by atoms with Crippen molar-refractivity contribution in [3.05, 3.63) is 12.7 Å². The summed E-state index contributed by atoms with van der Waals surface area (Å²) in [5.41, 5.74) is 0. The highest BCUT2D eigenvalue weighted by atomic mass is 16.2. The molecule has 0 bridgehead atoms. The van der Waals surface area contributed by atoms with Crippen molar-refractivity contribution >= 4 is 12.2 Å². The Labute approximate surface area is 59.2 Å². The van der Waals surface area contributed by atoms with Crippen molar-refractivity contribution in [1.82, 2.24) is 10.3 Å². The Morgan fingerprint density at radius 3 is 3.10 bits per heavy atom. The Kier molecular flexibility index (Phi) is 2.04. The fraction of sp³-hybridized carbons (Fsp3) is 0.333. The van der Waals surface area contributed by atoms with Crippen LogP contribution in [0.25, 0.3) is 0 Å². The lowest BCUT2D eigenvalue weighted by Crippen LogP contribution is -2.22. The first-order chi connectivity index (χ1) is 4.84. The molecule has 0 unspecified atom stereocenters. The maximum atomic E-state index is 10.7. The molecule has 0 aromatic heterocycles. The van der Waals surface area contributed by atoms with Gasteiger partial charge in [-0.25, -0.2) is 9.80 Å². The van der Waals surface area contributed by atoms with E-state index in [0.29, 0.717) is 13.1 Å². The van der Waals surface area contributed by atoms with Gasteiger partial charge < -0.3 is 5.32 Å². The van der Waals surface area contributed by atoms with Crippen molar-refractivity contribution in [1.29, 1.82) is 0 Å². The molecule has 0 aliphatic carbocycles. The van der Waals surface area contributed by atoms with E-state index in [1.54, 1.807) is 0 Å².